The van der Waals surface area contributed by atoms with Crippen LogP contribution in [0.25, 0.3) is 16.7 Å². The van der Waals surface area contributed by atoms with E-state index in [0.29, 0.717) is 15.9 Å². The van der Waals surface area contributed by atoms with Gasteiger partial charge in [0.05, 0.1) is 10.5 Å². The highest BCUT2D eigenvalue weighted by Gasteiger charge is 2.28. The first-order valence-electron chi connectivity index (χ1n) is 8.18. The highest BCUT2D eigenvalue weighted by atomic mass is 35.5. The Morgan fingerprint density at radius 2 is 1.90 bits per heavy atom. The van der Waals surface area contributed by atoms with Gasteiger partial charge in [-0.1, -0.05) is 29.8 Å². The number of carbonyl (C=O) groups is 1. The van der Waals surface area contributed by atoms with E-state index in [0.717, 1.165) is 6.08 Å². The van der Waals surface area contributed by atoms with Gasteiger partial charge in [0.25, 0.3) is 0 Å². The number of tetrazole rings is 1. The first kappa shape index (κ1) is 18.8. The molecule has 0 spiro atoms. The second kappa shape index (κ2) is 7.15. The van der Waals surface area contributed by atoms with Gasteiger partial charge in [-0.05, 0) is 35.5 Å². The van der Waals surface area contributed by atoms with Gasteiger partial charge in [-0.25, -0.2) is 8.42 Å². The summed E-state index contributed by atoms with van der Waals surface area (Å²) in [5.41, 5.74) is 0.342. The lowest BCUT2D eigenvalue weighted by molar-refractivity contribution is 0.103. The average Bonchev–Trinajstić information content (AvgIpc) is 3.36. The van der Waals surface area contributed by atoms with E-state index < -0.39 is 21.4 Å². The van der Waals surface area contributed by atoms with Gasteiger partial charge in [0, 0.05) is 22.0 Å². The van der Waals surface area contributed by atoms with Gasteiger partial charge >= 0.3 is 0 Å². The largest absolute Gasteiger partial charge is 0.507 e. The first-order chi connectivity index (χ1) is 13.9. The Kier molecular flexibility index (Phi) is 4.65. The van der Waals surface area contributed by atoms with Crippen molar-refractivity contribution in [2.75, 3.05) is 0 Å². The number of aliphatic hydroxyl groups is 1. The summed E-state index contributed by atoms with van der Waals surface area (Å²) in [6.07, 6.45) is 0.832. The van der Waals surface area contributed by atoms with Crippen LogP contribution >= 0.6 is 11.6 Å². The van der Waals surface area contributed by atoms with Gasteiger partial charge in [0.15, 0.2) is 0 Å². The highest BCUT2D eigenvalue weighted by Crippen LogP contribution is 2.35. The summed E-state index contributed by atoms with van der Waals surface area (Å²) in [5, 5.41) is 23.6. The van der Waals surface area contributed by atoms with Crippen molar-refractivity contribution in [3.8, 4) is 0 Å². The van der Waals surface area contributed by atoms with Crippen molar-refractivity contribution < 1.29 is 18.3 Å². The van der Waals surface area contributed by atoms with Gasteiger partial charge in [-0.2, -0.15) is 5.21 Å². The number of carbonyl (C=O) groups excluding carboxylic acids is 1. The van der Waals surface area contributed by atoms with Gasteiger partial charge in [0.1, 0.15) is 10.8 Å². The normalized spacial score (nSPS) is 12.4. The van der Waals surface area contributed by atoms with E-state index in [-0.39, 0.29) is 21.3 Å². The molecule has 9 nitrogen and oxygen atoms in total. The summed E-state index contributed by atoms with van der Waals surface area (Å²) in [7, 11) is -4.04. The number of aromatic nitrogens is 5. The standard InChI is InChI=1S/C18H12ClN5O4S/c19-10-6-7-13-12(8-10)16(14(25)9-15(26)17-21-23-24-22-17)18(20-13)29(27,28)11-4-2-1-3-5-11/h1-9,20,25H,(H,21,22,23,24)/b14-9+. The molecule has 0 unspecified atom stereocenters. The van der Waals surface area contributed by atoms with Crippen LogP contribution in [-0.4, -0.2) is 44.9 Å². The summed E-state index contributed by atoms with van der Waals surface area (Å²) in [6.45, 7) is 0. The van der Waals surface area contributed by atoms with Crippen molar-refractivity contribution in [2.45, 2.75) is 9.92 Å². The number of allylic oxidation sites excluding steroid dienone is 1. The van der Waals surface area contributed by atoms with Crippen molar-refractivity contribution in [3.63, 3.8) is 0 Å². The molecule has 0 radical (unpaired) electrons. The minimum absolute atomic E-state index is 0.0243. The fourth-order valence-corrected chi connectivity index (χ4v) is 4.49. The monoisotopic (exact) mass is 429 g/mol. The number of hydrogen-bond donors (Lipinski definition) is 3. The number of halogens is 1. The lowest BCUT2D eigenvalue weighted by atomic mass is 10.1. The molecule has 2 aromatic heterocycles. The lowest BCUT2D eigenvalue weighted by Gasteiger charge is -2.06. The predicted octanol–water partition coefficient (Wildman–Crippen LogP) is 2.95. The van der Waals surface area contributed by atoms with Crippen LogP contribution in [0.3, 0.4) is 0 Å². The number of hydrogen-bond acceptors (Lipinski definition) is 7. The van der Waals surface area contributed by atoms with Crippen LogP contribution < -0.4 is 0 Å². The molecule has 146 valence electrons. The van der Waals surface area contributed by atoms with Crippen molar-refractivity contribution in [1.82, 2.24) is 25.6 Å². The van der Waals surface area contributed by atoms with Crippen molar-refractivity contribution >= 4 is 43.9 Å². The molecule has 0 amide bonds. The third-order valence-electron chi connectivity index (χ3n) is 4.14. The molecule has 11 heteroatoms. The number of rotatable bonds is 5. The maximum absolute atomic E-state index is 13.2. The number of ketones is 1. The fraction of sp³-hybridized carbons (Fsp3) is 0. The second-order valence-corrected chi connectivity index (χ2v) is 8.29. The van der Waals surface area contributed by atoms with Crippen LogP contribution in [0, 0.1) is 0 Å². The van der Waals surface area contributed by atoms with Crippen molar-refractivity contribution in [3.05, 3.63) is 71.0 Å². The Labute approximate surface area is 168 Å². The third-order valence-corrected chi connectivity index (χ3v) is 6.11. The molecule has 0 atom stereocenters. The van der Waals surface area contributed by atoms with Crippen LogP contribution in [0.4, 0.5) is 0 Å². The number of aliphatic hydroxyl groups excluding tert-OH is 1. The zero-order valence-corrected chi connectivity index (χ0v) is 16.1. The Morgan fingerprint density at radius 3 is 2.59 bits per heavy atom. The Hall–Kier alpha value is -3.50. The quantitative estimate of drug-likeness (QED) is 0.251. The van der Waals surface area contributed by atoms with E-state index in [2.05, 4.69) is 25.6 Å². The summed E-state index contributed by atoms with van der Waals surface area (Å²) < 4.78 is 26.4. The molecule has 0 saturated carbocycles. The molecule has 0 aliphatic rings. The average molecular weight is 430 g/mol. The van der Waals surface area contributed by atoms with Gasteiger partial charge in [-0.3, -0.25) is 4.79 Å². The highest BCUT2D eigenvalue weighted by molar-refractivity contribution is 7.91. The number of nitrogens with zero attached hydrogens (tertiary/aromatic N) is 3. The zero-order valence-electron chi connectivity index (χ0n) is 14.5. The molecular weight excluding hydrogens is 418 g/mol. The van der Waals surface area contributed by atoms with Crippen LogP contribution in [0.2, 0.25) is 5.02 Å². The Balaban J connectivity index is 1.96. The van der Waals surface area contributed by atoms with E-state index in [9.17, 15) is 18.3 Å². The maximum Gasteiger partial charge on any atom is 0.244 e. The minimum atomic E-state index is -4.04. The number of benzene rings is 2. The molecule has 0 saturated heterocycles. The predicted molar refractivity (Wildman–Crippen MR) is 104 cm³/mol. The van der Waals surface area contributed by atoms with Crippen LogP contribution in [0.15, 0.2) is 64.5 Å². The van der Waals surface area contributed by atoms with Crippen LogP contribution in [0.5, 0.6) is 0 Å². The molecule has 0 aliphatic heterocycles. The first-order valence-corrected chi connectivity index (χ1v) is 10.0. The number of H-pyrrole nitrogens is 2. The van der Waals surface area contributed by atoms with Crippen LogP contribution in [0.1, 0.15) is 16.2 Å². The van der Waals surface area contributed by atoms with Gasteiger partial charge in [-0.15, -0.1) is 10.2 Å². The number of nitrogens with one attached hydrogen (secondary N) is 2. The molecule has 4 aromatic rings. The topological polar surface area (TPSA) is 142 Å². The zero-order chi connectivity index (χ0) is 20.6. The second-order valence-electron chi connectivity index (χ2n) is 5.96. The Bertz CT molecular complexity index is 1350. The molecule has 0 aliphatic carbocycles. The Morgan fingerprint density at radius 1 is 1.14 bits per heavy atom. The number of aromatic amines is 2. The van der Waals surface area contributed by atoms with Gasteiger partial charge < -0.3 is 10.1 Å². The molecule has 0 fully saturated rings. The molecular formula is C18H12ClN5O4S. The maximum atomic E-state index is 13.2. The van der Waals surface area contributed by atoms with E-state index in [1.165, 1.54) is 18.2 Å². The summed E-state index contributed by atoms with van der Waals surface area (Å²) in [6, 6.07) is 12.4. The summed E-state index contributed by atoms with van der Waals surface area (Å²) in [5.74, 6) is -1.61. The summed E-state index contributed by atoms with van der Waals surface area (Å²) in [4.78, 5) is 15.1. The SMILES string of the molecule is O=C(/C=C(/O)c1c(S(=O)(=O)c2ccccc2)[nH]c2ccc(Cl)cc12)c1nn[nH]n1. The third kappa shape index (κ3) is 3.39. The van der Waals surface area contributed by atoms with Crippen molar-refractivity contribution in [2.24, 2.45) is 0 Å². The van der Waals surface area contributed by atoms with E-state index in [1.54, 1.807) is 30.3 Å². The number of fused-ring (bicyclic) bond motifs is 1. The van der Waals surface area contributed by atoms with E-state index >= 15 is 0 Å². The molecule has 3 N–H and O–H groups in total. The van der Waals surface area contributed by atoms with Gasteiger partial charge in [0.2, 0.25) is 21.4 Å². The van der Waals surface area contributed by atoms with Crippen molar-refractivity contribution in [1.29, 1.82) is 0 Å². The van der Waals surface area contributed by atoms with E-state index in [4.69, 9.17) is 11.6 Å². The fourth-order valence-electron chi connectivity index (χ4n) is 2.84. The number of sulfone groups is 1. The molecule has 2 aromatic carbocycles. The summed E-state index contributed by atoms with van der Waals surface area (Å²) >= 11 is 6.06. The minimum Gasteiger partial charge on any atom is -0.507 e. The smallest absolute Gasteiger partial charge is 0.244 e. The lowest BCUT2D eigenvalue weighted by Crippen LogP contribution is -2.06. The van der Waals surface area contributed by atoms with E-state index in [1.807, 2.05) is 0 Å². The molecule has 29 heavy (non-hydrogen) atoms. The molecule has 0 bridgehead atoms. The molecule has 2 heterocycles. The molecule has 4 rings (SSSR count). The van der Waals surface area contributed by atoms with Crippen LogP contribution in [-0.2, 0) is 9.84 Å².